The first kappa shape index (κ1) is 21.6. The Hall–Kier alpha value is -4.59. The van der Waals surface area contributed by atoms with E-state index in [-0.39, 0.29) is 17.6 Å². The number of carbonyl (C=O) groups excluding carboxylic acids is 2. The van der Waals surface area contributed by atoms with Crippen molar-refractivity contribution in [2.45, 2.75) is 6.54 Å². The van der Waals surface area contributed by atoms with Gasteiger partial charge in [0.25, 0.3) is 11.8 Å². The lowest BCUT2D eigenvalue weighted by atomic mass is 10.2. The number of amides is 2. The van der Waals surface area contributed by atoms with Crippen molar-refractivity contribution in [3.8, 4) is 5.75 Å². The summed E-state index contributed by atoms with van der Waals surface area (Å²) in [6.07, 6.45) is 3.06. The van der Waals surface area contributed by atoms with Crippen LogP contribution in [0.15, 0.2) is 89.7 Å². The van der Waals surface area contributed by atoms with Crippen LogP contribution < -0.4 is 20.7 Å². The van der Waals surface area contributed by atoms with Gasteiger partial charge in [0.05, 0.1) is 24.6 Å². The molecule has 2 heterocycles. The molecule has 33 heavy (non-hydrogen) atoms. The van der Waals surface area contributed by atoms with Gasteiger partial charge < -0.3 is 25.1 Å². The molecule has 2 aromatic carbocycles. The monoisotopic (exact) mass is 442 g/mol. The number of ether oxygens (including phenoxy) is 1. The lowest BCUT2D eigenvalue weighted by Crippen LogP contribution is -2.24. The van der Waals surface area contributed by atoms with E-state index in [2.05, 4.69) is 20.9 Å². The van der Waals surface area contributed by atoms with Gasteiger partial charge in [0, 0.05) is 18.4 Å². The molecule has 0 aliphatic carbocycles. The topological polar surface area (TPSA) is 105 Å². The maximum absolute atomic E-state index is 12.8. The zero-order valence-corrected chi connectivity index (χ0v) is 17.9. The second kappa shape index (κ2) is 10.1. The number of hydrogen-bond donors (Lipinski definition) is 3. The number of pyridine rings is 1. The van der Waals surface area contributed by atoms with Gasteiger partial charge in [0.1, 0.15) is 11.6 Å². The summed E-state index contributed by atoms with van der Waals surface area (Å²) < 4.78 is 10.4. The highest BCUT2D eigenvalue weighted by molar-refractivity contribution is 6.02. The van der Waals surface area contributed by atoms with E-state index in [4.69, 9.17) is 9.15 Å². The number of aromatic nitrogens is 1. The highest BCUT2D eigenvalue weighted by Gasteiger charge is 2.14. The molecule has 8 heteroatoms. The summed E-state index contributed by atoms with van der Waals surface area (Å²) in [5.74, 6) is 0.716. The van der Waals surface area contributed by atoms with E-state index in [0.29, 0.717) is 35.1 Å². The van der Waals surface area contributed by atoms with Crippen LogP contribution in [0, 0.1) is 0 Å². The predicted molar refractivity (Wildman–Crippen MR) is 125 cm³/mol. The van der Waals surface area contributed by atoms with E-state index in [9.17, 15) is 9.59 Å². The molecule has 8 nitrogen and oxygen atoms in total. The fraction of sp³-hybridized carbons (Fsp3) is 0.0800. The highest BCUT2D eigenvalue weighted by Crippen LogP contribution is 2.27. The summed E-state index contributed by atoms with van der Waals surface area (Å²) in [6.45, 7) is 0.314. The Balaban J connectivity index is 1.38. The number of methoxy groups -OCH3 is 1. The van der Waals surface area contributed by atoms with Crippen molar-refractivity contribution in [3.63, 3.8) is 0 Å². The third-order valence-corrected chi connectivity index (χ3v) is 4.82. The van der Waals surface area contributed by atoms with Crippen LogP contribution >= 0.6 is 0 Å². The third-order valence-electron chi connectivity index (χ3n) is 4.82. The van der Waals surface area contributed by atoms with Crippen LogP contribution in [0.4, 0.5) is 17.2 Å². The molecule has 0 saturated carbocycles. The number of benzene rings is 2. The van der Waals surface area contributed by atoms with Crippen LogP contribution in [0.25, 0.3) is 0 Å². The van der Waals surface area contributed by atoms with Gasteiger partial charge >= 0.3 is 0 Å². The minimum absolute atomic E-state index is 0.236. The van der Waals surface area contributed by atoms with Crippen molar-refractivity contribution < 1.29 is 18.7 Å². The molecule has 2 aromatic heterocycles. The summed E-state index contributed by atoms with van der Waals surface area (Å²) in [4.78, 5) is 29.2. The molecule has 3 N–H and O–H groups in total. The van der Waals surface area contributed by atoms with Crippen LogP contribution in [0.3, 0.4) is 0 Å². The Labute approximate surface area is 190 Å². The first-order chi connectivity index (χ1) is 16.1. The molecule has 166 valence electrons. The molecule has 0 aliphatic rings. The minimum atomic E-state index is -0.326. The Kier molecular flexibility index (Phi) is 6.65. The largest absolute Gasteiger partial charge is 0.495 e. The van der Waals surface area contributed by atoms with Gasteiger partial charge in [-0.3, -0.25) is 9.59 Å². The Bertz CT molecular complexity index is 1240. The average molecular weight is 442 g/mol. The van der Waals surface area contributed by atoms with Crippen LogP contribution in [0.5, 0.6) is 5.75 Å². The van der Waals surface area contributed by atoms with Gasteiger partial charge in [-0.05, 0) is 54.1 Å². The van der Waals surface area contributed by atoms with Crippen LogP contribution in [0.1, 0.15) is 26.5 Å². The molecule has 0 radical (unpaired) electrons. The van der Waals surface area contributed by atoms with Crippen LogP contribution in [0.2, 0.25) is 0 Å². The maximum Gasteiger partial charge on any atom is 0.291 e. The highest BCUT2D eigenvalue weighted by atomic mass is 16.5. The number of anilines is 3. The molecular formula is C25H22N4O4. The number of hydrogen-bond acceptors (Lipinski definition) is 6. The lowest BCUT2D eigenvalue weighted by Gasteiger charge is -2.13. The van der Waals surface area contributed by atoms with E-state index in [1.165, 1.54) is 6.26 Å². The number of nitrogens with zero attached hydrogens (tertiary/aromatic N) is 1. The first-order valence-corrected chi connectivity index (χ1v) is 10.2. The molecule has 0 saturated heterocycles. The Morgan fingerprint density at radius 3 is 2.52 bits per heavy atom. The van der Waals surface area contributed by atoms with Crippen molar-refractivity contribution in [2.24, 2.45) is 0 Å². The summed E-state index contributed by atoms with van der Waals surface area (Å²) in [6, 6.07) is 21.2. The first-order valence-electron chi connectivity index (χ1n) is 10.2. The van der Waals surface area contributed by atoms with Gasteiger partial charge in [-0.2, -0.15) is 0 Å². The fourth-order valence-electron chi connectivity index (χ4n) is 3.15. The quantitative estimate of drug-likeness (QED) is 0.368. The molecule has 0 spiro atoms. The van der Waals surface area contributed by atoms with Crippen molar-refractivity contribution in [2.75, 3.05) is 17.7 Å². The Morgan fingerprint density at radius 1 is 0.939 bits per heavy atom. The average Bonchev–Trinajstić information content (AvgIpc) is 3.39. The van der Waals surface area contributed by atoms with Gasteiger partial charge in [-0.1, -0.05) is 24.3 Å². The summed E-state index contributed by atoms with van der Waals surface area (Å²) in [7, 11) is 1.58. The molecule has 0 unspecified atom stereocenters. The molecule has 0 bridgehead atoms. The second-order valence-corrected chi connectivity index (χ2v) is 7.04. The van der Waals surface area contributed by atoms with E-state index >= 15 is 0 Å². The smallest absolute Gasteiger partial charge is 0.291 e. The SMILES string of the molecule is COc1ccccc1Nc1ncccc1C(=O)NCc1ccc(NC(=O)c2ccco2)cc1. The molecule has 0 aliphatic heterocycles. The van der Waals surface area contributed by atoms with Crippen molar-refractivity contribution in [1.29, 1.82) is 0 Å². The number of rotatable bonds is 8. The minimum Gasteiger partial charge on any atom is -0.495 e. The summed E-state index contributed by atoms with van der Waals surface area (Å²) in [5.41, 5.74) is 2.62. The van der Waals surface area contributed by atoms with E-state index < -0.39 is 0 Å². The molecular weight excluding hydrogens is 420 g/mol. The van der Waals surface area contributed by atoms with Crippen molar-refractivity contribution in [3.05, 3.63) is 102 Å². The number of para-hydroxylation sites is 2. The normalized spacial score (nSPS) is 10.3. The maximum atomic E-state index is 12.8. The van der Waals surface area contributed by atoms with Gasteiger partial charge in [-0.15, -0.1) is 0 Å². The van der Waals surface area contributed by atoms with Gasteiger partial charge in [0.2, 0.25) is 0 Å². The number of furan rings is 1. The standard InChI is InChI=1S/C25H22N4O4/c1-32-21-8-3-2-7-20(21)29-23-19(6-4-14-26-23)24(30)27-16-17-10-12-18(13-11-17)28-25(31)22-9-5-15-33-22/h2-15H,16H2,1H3,(H,26,29)(H,27,30)(H,28,31). The van der Waals surface area contributed by atoms with Crippen molar-refractivity contribution >= 4 is 29.0 Å². The molecule has 0 fully saturated rings. The second-order valence-electron chi connectivity index (χ2n) is 7.04. The van der Waals surface area contributed by atoms with E-state index in [1.54, 1.807) is 49.7 Å². The molecule has 4 rings (SSSR count). The third kappa shape index (κ3) is 5.37. The van der Waals surface area contributed by atoms with Crippen LogP contribution in [-0.4, -0.2) is 23.9 Å². The zero-order valence-electron chi connectivity index (χ0n) is 17.9. The number of nitrogens with one attached hydrogen (secondary N) is 3. The molecule has 4 aromatic rings. The van der Waals surface area contributed by atoms with Gasteiger partial charge in [-0.25, -0.2) is 4.98 Å². The molecule has 2 amide bonds. The van der Waals surface area contributed by atoms with E-state index in [0.717, 1.165) is 5.56 Å². The summed E-state index contributed by atoms with van der Waals surface area (Å²) in [5, 5.41) is 8.82. The van der Waals surface area contributed by atoms with Gasteiger partial charge in [0.15, 0.2) is 5.76 Å². The van der Waals surface area contributed by atoms with Crippen molar-refractivity contribution in [1.82, 2.24) is 10.3 Å². The Morgan fingerprint density at radius 2 is 1.76 bits per heavy atom. The summed E-state index contributed by atoms with van der Waals surface area (Å²) >= 11 is 0. The zero-order chi connectivity index (χ0) is 23.0. The van der Waals surface area contributed by atoms with E-state index in [1.807, 2.05) is 36.4 Å². The predicted octanol–water partition coefficient (Wildman–Crippen LogP) is 4.61. The van der Waals surface area contributed by atoms with Crippen LogP contribution in [-0.2, 0) is 6.54 Å². The lowest BCUT2D eigenvalue weighted by molar-refractivity contribution is 0.0950. The fourth-order valence-corrected chi connectivity index (χ4v) is 3.15. The molecule has 0 atom stereocenters. The number of carbonyl (C=O) groups is 2.